The molecule has 3 aromatic rings. The minimum absolute atomic E-state index is 0.864. The van der Waals surface area contributed by atoms with Crippen molar-refractivity contribution >= 4 is 5.95 Å². The average molecular weight is 281 g/mol. The van der Waals surface area contributed by atoms with Crippen molar-refractivity contribution in [2.24, 2.45) is 0 Å². The van der Waals surface area contributed by atoms with E-state index in [9.17, 15) is 0 Å². The van der Waals surface area contributed by atoms with Crippen LogP contribution in [0, 0.1) is 6.92 Å². The molecular formula is C16H19N5. The Labute approximate surface area is 124 Å². The van der Waals surface area contributed by atoms with Crippen LogP contribution in [-0.2, 0) is 6.54 Å². The van der Waals surface area contributed by atoms with Crippen LogP contribution in [0.2, 0.25) is 0 Å². The molecule has 0 unspecified atom stereocenters. The molecule has 0 saturated carbocycles. The third kappa shape index (κ3) is 3.31. The predicted molar refractivity (Wildman–Crippen MR) is 83.6 cm³/mol. The predicted octanol–water partition coefficient (Wildman–Crippen LogP) is 2.88. The molecule has 0 atom stereocenters. The summed E-state index contributed by atoms with van der Waals surface area (Å²) in [6.45, 7) is 3.78. The van der Waals surface area contributed by atoms with Crippen LogP contribution in [-0.4, -0.2) is 25.9 Å². The monoisotopic (exact) mass is 281 g/mol. The molecular weight excluding hydrogens is 262 g/mol. The molecule has 21 heavy (non-hydrogen) atoms. The Morgan fingerprint density at radius 2 is 2.00 bits per heavy atom. The SMILES string of the molecule is Cc1cn(-c2ccccc2)c(NCCCn2cccn2)n1. The fourth-order valence-electron chi connectivity index (χ4n) is 2.28. The Morgan fingerprint density at radius 1 is 1.14 bits per heavy atom. The lowest BCUT2D eigenvalue weighted by molar-refractivity contribution is 0.591. The lowest BCUT2D eigenvalue weighted by Crippen LogP contribution is -2.10. The van der Waals surface area contributed by atoms with Crippen molar-refractivity contribution in [3.05, 3.63) is 60.7 Å². The van der Waals surface area contributed by atoms with Gasteiger partial charge in [0, 0.05) is 37.4 Å². The maximum atomic E-state index is 4.55. The molecule has 2 aromatic heterocycles. The first-order valence-electron chi connectivity index (χ1n) is 7.15. The van der Waals surface area contributed by atoms with Crippen LogP contribution in [0.3, 0.4) is 0 Å². The molecule has 108 valence electrons. The Kier molecular flexibility index (Phi) is 4.00. The van der Waals surface area contributed by atoms with Crippen LogP contribution in [0.25, 0.3) is 5.69 Å². The van der Waals surface area contributed by atoms with Gasteiger partial charge in [0.05, 0.1) is 5.69 Å². The highest BCUT2D eigenvalue weighted by molar-refractivity contribution is 5.42. The molecule has 0 bridgehead atoms. The second-order valence-electron chi connectivity index (χ2n) is 4.96. The van der Waals surface area contributed by atoms with Gasteiger partial charge in [-0.2, -0.15) is 5.10 Å². The van der Waals surface area contributed by atoms with E-state index >= 15 is 0 Å². The number of anilines is 1. The second-order valence-corrected chi connectivity index (χ2v) is 4.96. The van der Waals surface area contributed by atoms with Gasteiger partial charge in [0.15, 0.2) is 0 Å². The Morgan fingerprint density at radius 3 is 2.76 bits per heavy atom. The number of nitrogens with zero attached hydrogens (tertiary/aromatic N) is 4. The summed E-state index contributed by atoms with van der Waals surface area (Å²) in [5, 5.41) is 7.60. The molecule has 5 heteroatoms. The molecule has 3 rings (SSSR count). The zero-order chi connectivity index (χ0) is 14.5. The Hall–Kier alpha value is -2.56. The van der Waals surface area contributed by atoms with Crippen molar-refractivity contribution in [3.63, 3.8) is 0 Å². The van der Waals surface area contributed by atoms with Gasteiger partial charge in [0.1, 0.15) is 0 Å². The molecule has 2 heterocycles. The smallest absolute Gasteiger partial charge is 0.207 e. The highest BCUT2D eigenvalue weighted by Gasteiger charge is 2.06. The van der Waals surface area contributed by atoms with Gasteiger partial charge in [-0.15, -0.1) is 0 Å². The third-order valence-corrected chi connectivity index (χ3v) is 3.27. The zero-order valence-corrected chi connectivity index (χ0v) is 12.1. The van der Waals surface area contributed by atoms with Crippen LogP contribution in [0.15, 0.2) is 55.0 Å². The van der Waals surface area contributed by atoms with E-state index in [1.54, 1.807) is 6.20 Å². The average Bonchev–Trinajstić information content (AvgIpc) is 3.14. The van der Waals surface area contributed by atoms with Crippen molar-refractivity contribution in [2.75, 3.05) is 11.9 Å². The molecule has 0 aliphatic rings. The number of hydrogen-bond acceptors (Lipinski definition) is 3. The van der Waals surface area contributed by atoms with E-state index in [0.717, 1.165) is 36.8 Å². The van der Waals surface area contributed by atoms with E-state index in [1.165, 1.54) is 0 Å². The summed E-state index contributed by atoms with van der Waals surface area (Å²) in [5.74, 6) is 0.888. The van der Waals surface area contributed by atoms with Gasteiger partial charge in [0.2, 0.25) is 5.95 Å². The van der Waals surface area contributed by atoms with Gasteiger partial charge in [-0.3, -0.25) is 9.25 Å². The van der Waals surface area contributed by atoms with E-state index < -0.39 is 0 Å². The molecule has 0 spiro atoms. The number of nitrogens with one attached hydrogen (secondary N) is 1. The van der Waals surface area contributed by atoms with E-state index in [-0.39, 0.29) is 0 Å². The zero-order valence-electron chi connectivity index (χ0n) is 12.1. The standard InChI is InChI=1S/C16H19N5/c1-14-13-21(15-7-3-2-4-8-15)16(19-14)17-9-5-11-20-12-6-10-18-20/h2-4,6-8,10,12-13H,5,9,11H2,1H3,(H,17,19). The number of aryl methyl sites for hydroxylation is 2. The highest BCUT2D eigenvalue weighted by Crippen LogP contribution is 2.16. The largest absolute Gasteiger partial charge is 0.355 e. The topological polar surface area (TPSA) is 47.7 Å². The minimum atomic E-state index is 0.864. The van der Waals surface area contributed by atoms with Crippen LogP contribution in [0.5, 0.6) is 0 Å². The molecule has 0 saturated heterocycles. The summed E-state index contributed by atoms with van der Waals surface area (Å²) >= 11 is 0. The second kappa shape index (κ2) is 6.26. The van der Waals surface area contributed by atoms with Gasteiger partial charge in [-0.25, -0.2) is 4.98 Å². The number of hydrogen-bond donors (Lipinski definition) is 1. The first-order valence-corrected chi connectivity index (χ1v) is 7.15. The first-order chi connectivity index (χ1) is 10.3. The molecule has 5 nitrogen and oxygen atoms in total. The summed E-state index contributed by atoms with van der Waals surface area (Å²) in [6.07, 6.45) is 6.83. The molecule has 0 fully saturated rings. The van der Waals surface area contributed by atoms with E-state index in [1.807, 2.05) is 48.3 Å². The Balaban J connectivity index is 1.63. The summed E-state index contributed by atoms with van der Waals surface area (Å²) in [7, 11) is 0. The number of benzene rings is 1. The quantitative estimate of drug-likeness (QED) is 0.707. The van der Waals surface area contributed by atoms with E-state index in [2.05, 4.69) is 32.1 Å². The summed E-state index contributed by atoms with van der Waals surface area (Å²) < 4.78 is 4.03. The van der Waals surface area contributed by atoms with Gasteiger partial charge in [-0.1, -0.05) is 18.2 Å². The minimum Gasteiger partial charge on any atom is -0.355 e. The number of para-hydroxylation sites is 1. The van der Waals surface area contributed by atoms with Crippen molar-refractivity contribution in [2.45, 2.75) is 19.9 Å². The molecule has 0 radical (unpaired) electrons. The molecule has 0 aliphatic carbocycles. The lowest BCUT2D eigenvalue weighted by atomic mass is 10.3. The molecule has 0 amide bonds. The van der Waals surface area contributed by atoms with Gasteiger partial charge in [0.25, 0.3) is 0 Å². The van der Waals surface area contributed by atoms with E-state index in [4.69, 9.17) is 0 Å². The van der Waals surface area contributed by atoms with Crippen molar-refractivity contribution in [1.82, 2.24) is 19.3 Å². The molecule has 1 aromatic carbocycles. The van der Waals surface area contributed by atoms with Crippen LogP contribution < -0.4 is 5.32 Å². The fourth-order valence-corrected chi connectivity index (χ4v) is 2.28. The number of aromatic nitrogens is 4. The Bertz CT molecular complexity index is 670. The van der Waals surface area contributed by atoms with Gasteiger partial charge >= 0.3 is 0 Å². The normalized spacial score (nSPS) is 10.7. The summed E-state index contributed by atoms with van der Waals surface area (Å²) in [5.41, 5.74) is 2.13. The molecule has 1 N–H and O–H groups in total. The van der Waals surface area contributed by atoms with Crippen molar-refractivity contribution in [1.29, 1.82) is 0 Å². The lowest BCUT2D eigenvalue weighted by Gasteiger charge is -2.09. The summed E-state index contributed by atoms with van der Waals surface area (Å²) in [4.78, 5) is 4.55. The fraction of sp³-hybridized carbons (Fsp3) is 0.250. The van der Waals surface area contributed by atoms with Gasteiger partial charge < -0.3 is 5.32 Å². The summed E-state index contributed by atoms with van der Waals surface area (Å²) in [6, 6.07) is 12.2. The van der Waals surface area contributed by atoms with Crippen molar-refractivity contribution < 1.29 is 0 Å². The van der Waals surface area contributed by atoms with Crippen LogP contribution in [0.1, 0.15) is 12.1 Å². The maximum Gasteiger partial charge on any atom is 0.207 e. The third-order valence-electron chi connectivity index (χ3n) is 3.27. The number of imidazole rings is 1. The van der Waals surface area contributed by atoms with Crippen LogP contribution >= 0.6 is 0 Å². The van der Waals surface area contributed by atoms with E-state index in [0.29, 0.717) is 0 Å². The maximum absolute atomic E-state index is 4.55. The van der Waals surface area contributed by atoms with Crippen LogP contribution in [0.4, 0.5) is 5.95 Å². The number of rotatable bonds is 6. The van der Waals surface area contributed by atoms with Gasteiger partial charge in [-0.05, 0) is 31.5 Å². The van der Waals surface area contributed by atoms with Crippen molar-refractivity contribution in [3.8, 4) is 5.69 Å². The first kappa shape index (κ1) is 13.4. The highest BCUT2D eigenvalue weighted by atomic mass is 15.3. The molecule has 0 aliphatic heterocycles.